The van der Waals surface area contributed by atoms with E-state index in [1.807, 2.05) is 42.5 Å². The van der Waals surface area contributed by atoms with E-state index in [0.29, 0.717) is 27.4 Å². The van der Waals surface area contributed by atoms with Crippen LogP contribution in [-0.4, -0.2) is 10.9 Å². The summed E-state index contributed by atoms with van der Waals surface area (Å²) in [5, 5.41) is 4.54. The number of carbonyl (C=O) groups is 1. The van der Waals surface area contributed by atoms with Gasteiger partial charge in [0, 0.05) is 28.1 Å². The molecule has 0 saturated heterocycles. The standard InChI is InChI=1S/C21H14Cl2N2O2S/c22-14-5-3-4-13(10-14)11-15-12-24-21(28-15)25-20(26)19-9-8-18(27-19)16-6-1-2-7-17(16)23/h1-10,12H,11H2,(H,24,25,26). The van der Waals surface area contributed by atoms with Gasteiger partial charge in [-0.2, -0.15) is 0 Å². The summed E-state index contributed by atoms with van der Waals surface area (Å²) in [5.41, 5.74) is 1.82. The van der Waals surface area contributed by atoms with Gasteiger partial charge < -0.3 is 4.42 Å². The van der Waals surface area contributed by atoms with Crippen molar-refractivity contribution in [2.45, 2.75) is 6.42 Å². The Morgan fingerprint density at radius 2 is 1.93 bits per heavy atom. The highest BCUT2D eigenvalue weighted by Gasteiger charge is 2.15. The third-order valence-electron chi connectivity index (χ3n) is 4.01. The molecule has 4 nitrogen and oxygen atoms in total. The molecule has 140 valence electrons. The Hall–Kier alpha value is -2.60. The van der Waals surface area contributed by atoms with E-state index in [-0.39, 0.29) is 11.7 Å². The maximum Gasteiger partial charge on any atom is 0.293 e. The summed E-state index contributed by atoms with van der Waals surface area (Å²) in [4.78, 5) is 17.8. The Morgan fingerprint density at radius 3 is 2.75 bits per heavy atom. The van der Waals surface area contributed by atoms with Crippen molar-refractivity contribution in [1.29, 1.82) is 0 Å². The van der Waals surface area contributed by atoms with Gasteiger partial charge in [0.2, 0.25) is 0 Å². The number of hydrogen-bond acceptors (Lipinski definition) is 4. The molecule has 4 rings (SSSR count). The highest BCUT2D eigenvalue weighted by Crippen LogP contribution is 2.29. The Bertz CT molecular complexity index is 1140. The van der Waals surface area contributed by atoms with Gasteiger partial charge in [0.25, 0.3) is 5.91 Å². The summed E-state index contributed by atoms with van der Waals surface area (Å²) < 4.78 is 5.67. The predicted molar refractivity (Wildman–Crippen MR) is 113 cm³/mol. The Kier molecular flexibility index (Phi) is 5.48. The van der Waals surface area contributed by atoms with Gasteiger partial charge in [-0.25, -0.2) is 4.98 Å². The molecule has 0 atom stereocenters. The van der Waals surface area contributed by atoms with Gasteiger partial charge in [-0.05, 0) is 42.0 Å². The molecule has 0 spiro atoms. The summed E-state index contributed by atoms with van der Waals surface area (Å²) in [5.74, 6) is 0.375. The van der Waals surface area contributed by atoms with Crippen LogP contribution in [0.15, 0.2) is 71.3 Å². The summed E-state index contributed by atoms with van der Waals surface area (Å²) in [6.45, 7) is 0. The molecule has 2 aromatic heterocycles. The lowest BCUT2D eigenvalue weighted by molar-refractivity contribution is 0.0997. The van der Waals surface area contributed by atoms with Gasteiger partial charge in [0.15, 0.2) is 10.9 Å². The fourth-order valence-electron chi connectivity index (χ4n) is 2.72. The van der Waals surface area contributed by atoms with E-state index in [2.05, 4.69) is 10.3 Å². The minimum absolute atomic E-state index is 0.196. The molecule has 1 amide bonds. The quantitative estimate of drug-likeness (QED) is 0.391. The molecular weight excluding hydrogens is 415 g/mol. The molecule has 0 aliphatic heterocycles. The van der Waals surface area contributed by atoms with E-state index < -0.39 is 0 Å². The molecule has 0 bridgehead atoms. The van der Waals surface area contributed by atoms with Crippen LogP contribution < -0.4 is 5.32 Å². The van der Waals surface area contributed by atoms with Gasteiger partial charge >= 0.3 is 0 Å². The number of carbonyl (C=O) groups excluding carboxylic acids is 1. The number of nitrogens with one attached hydrogen (secondary N) is 1. The molecule has 0 unspecified atom stereocenters. The monoisotopic (exact) mass is 428 g/mol. The summed E-state index contributed by atoms with van der Waals surface area (Å²) in [6.07, 6.45) is 2.45. The zero-order chi connectivity index (χ0) is 19.5. The van der Waals surface area contributed by atoms with Gasteiger partial charge in [0.05, 0.1) is 5.02 Å². The van der Waals surface area contributed by atoms with Crippen LogP contribution in [0.3, 0.4) is 0 Å². The number of aromatic nitrogens is 1. The first-order chi connectivity index (χ1) is 13.6. The Balaban J connectivity index is 1.45. The van der Waals surface area contributed by atoms with Crippen molar-refractivity contribution >= 4 is 45.6 Å². The van der Waals surface area contributed by atoms with Crippen LogP contribution >= 0.6 is 34.5 Å². The minimum Gasteiger partial charge on any atom is -0.451 e. The second-order valence-corrected chi connectivity index (χ2v) is 8.00. The van der Waals surface area contributed by atoms with E-state index in [1.165, 1.54) is 11.3 Å². The van der Waals surface area contributed by atoms with Crippen molar-refractivity contribution in [3.8, 4) is 11.3 Å². The molecule has 2 heterocycles. The largest absolute Gasteiger partial charge is 0.451 e. The summed E-state index contributed by atoms with van der Waals surface area (Å²) in [6, 6.07) is 18.3. The third-order valence-corrected chi connectivity index (χ3v) is 5.49. The Labute approximate surface area is 175 Å². The van der Waals surface area contributed by atoms with E-state index in [1.54, 1.807) is 24.4 Å². The second kappa shape index (κ2) is 8.19. The van der Waals surface area contributed by atoms with Crippen molar-refractivity contribution < 1.29 is 9.21 Å². The van der Waals surface area contributed by atoms with Gasteiger partial charge in [-0.15, -0.1) is 11.3 Å². The van der Waals surface area contributed by atoms with E-state index >= 15 is 0 Å². The van der Waals surface area contributed by atoms with E-state index in [0.717, 1.165) is 16.0 Å². The first kappa shape index (κ1) is 18.7. The van der Waals surface area contributed by atoms with Crippen molar-refractivity contribution in [2.75, 3.05) is 5.32 Å². The van der Waals surface area contributed by atoms with Crippen LogP contribution in [0.4, 0.5) is 5.13 Å². The van der Waals surface area contributed by atoms with E-state index in [4.69, 9.17) is 27.6 Å². The van der Waals surface area contributed by atoms with Crippen molar-refractivity contribution in [3.05, 3.63) is 93.1 Å². The zero-order valence-corrected chi connectivity index (χ0v) is 16.8. The molecule has 0 fully saturated rings. The highest BCUT2D eigenvalue weighted by molar-refractivity contribution is 7.15. The molecule has 0 aliphatic rings. The van der Waals surface area contributed by atoms with Crippen molar-refractivity contribution in [2.24, 2.45) is 0 Å². The number of anilines is 1. The molecular formula is C21H14Cl2N2O2S. The van der Waals surface area contributed by atoms with Crippen LogP contribution in [0.2, 0.25) is 10.0 Å². The van der Waals surface area contributed by atoms with Gasteiger partial charge in [-0.1, -0.05) is 47.5 Å². The number of nitrogens with zero attached hydrogens (tertiary/aromatic N) is 1. The second-order valence-electron chi connectivity index (χ2n) is 6.04. The molecule has 0 radical (unpaired) electrons. The lowest BCUT2D eigenvalue weighted by Gasteiger charge is -2.01. The highest BCUT2D eigenvalue weighted by atomic mass is 35.5. The normalized spacial score (nSPS) is 10.8. The van der Waals surface area contributed by atoms with Crippen LogP contribution in [0, 0.1) is 0 Å². The first-order valence-electron chi connectivity index (χ1n) is 8.44. The van der Waals surface area contributed by atoms with Crippen LogP contribution in [0.1, 0.15) is 21.0 Å². The lowest BCUT2D eigenvalue weighted by atomic mass is 10.1. The number of hydrogen-bond donors (Lipinski definition) is 1. The predicted octanol–water partition coefficient (Wildman–Crippen LogP) is 6.55. The summed E-state index contributed by atoms with van der Waals surface area (Å²) >= 11 is 13.6. The lowest BCUT2D eigenvalue weighted by Crippen LogP contribution is -2.10. The number of halogens is 2. The maximum absolute atomic E-state index is 12.5. The topological polar surface area (TPSA) is 55.1 Å². The van der Waals surface area contributed by atoms with Crippen molar-refractivity contribution in [1.82, 2.24) is 4.98 Å². The fraction of sp³-hybridized carbons (Fsp3) is 0.0476. The maximum atomic E-state index is 12.5. The molecule has 1 N–H and O–H groups in total. The van der Waals surface area contributed by atoms with E-state index in [9.17, 15) is 4.79 Å². The van der Waals surface area contributed by atoms with Gasteiger partial charge in [-0.3, -0.25) is 10.1 Å². The number of thiazole rings is 1. The van der Waals surface area contributed by atoms with Crippen LogP contribution in [-0.2, 0) is 6.42 Å². The summed E-state index contributed by atoms with van der Waals surface area (Å²) in [7, 11) is 0. The molecule has 0 aliphatic carbocycles. The average molecular weight is 429 g/mol. The average Bonchev–Trinajstić information content (AvgIpc) is 3.32. The zero-order valence-electron chi connectivity index (χ0n) is 14.5. The molecule has 7 heteroatoms. The minimum atomic E-state index is -0.359. The van der Waals surface area contributed by atoms with Crippen molar-refractivity contribution in [3.63, 3.8) is 0 Å². The SMILES string of the molecule is O=C(Nc1ncc(Cc2cccc(Cl)c2)s1)c1ccc(-c2ccccc2Cl)o1. The van der Waals surface area contributed by atoms with Crippen LogP contribution in [0.5, 0.6) is 0 Å². The number of benzene rings is 2. The first-order valence-corrected chi connectivity index (χ1v) is 10.0. The number of amides is 1. The van der Waals surface area contributed by atoms with Crippen LogP contribution in [0.25, 0.3) is 11.3 Å². The molecule has 2 aromatic carbocycles. The molecule has 4 aromatic rings. The number of furan rings is 1. The smallest absolute Gasteiger partial charge is 0.293 e. The molecule has 0 saturated carbocycles. The fourth-order valence-corrected chi connectivity index (χ4v) is 4.00. The Morgan fingerprint density at radius 1 is 1.07 bits per heavy atom. The third kappa shape index (κ3) is 4.28. The van der Waals surface area contributed by atoms with Gasteiger partial charge in [0.1, 0.15) is 5.76 Å². The number of rotatable bonds is 5. The molecule has 28 heavy (non-hydrogen) atoms.